The first-order valence-corrected chi connectivity index (χ1v) is 6.76. The summed E-state index contributed by atoms with van der Waals surface area (Å²) in [4.78, 5) is 11.5. The molecule has 1 fully saturated rings. The lowest BCUT2D eigenvalue weighted by atomic mass is 9.94. The van der Waals surface area contributed by atoms with E-state index in [4.69, 9.17) is 9.47 Å². The minimum Gasteiger partial charge on any atom is -0.490 e. The number of ether oxygens (including phenoxy) is 2. The molecular weight excluding hydrogens is 300 g/mol. The van der Waals surface area contributed by atoms with E-state index in [-0.39, 0.29) is 0 Å². The van der Waals surface area contributed by atoms with Crippen molar-refractivity contribution in [3.63, 3.8) is 0 Å². The highest BCUT2D eigenvalue weighted by Gasteiger charge is 2.55. The summed E-state index contributed by atoms with van der Waals surface area (Å²) in [5.74, 6) is 0.462. The Kier molecular flexibility index (Phi) is 2.73. The molecule has 18 heavy (non-hydrogen) atoms. The molecule has 3 rings (SSSR count). The van der Waals surface area contributed by atoms with Crippen LogP contribution in [-0.4, -0.2) is 24.3 Å². The highest BCUT2D eigenvalue weighted by atomic mass is 79.9. The van der Waals surface area contributed by atoms with Gasteiger partial charge in [-0.2, -0.15) is 0 Å². The first-order chi connectivity index (χ1) is 8.65. The zero-order valence-corrected chi connectivity index (χ0v) is 11.3. The Balaban J connectivity index is 2.16. The lowest BCUT2D eigenvalue weighted by molar-refractivity contribution is -0.140. The Morgan fingerprint density at radius 2 is 2.00 bits per heavy atom. The van der Waals surface area contributed by atoms with E-state index in [2.05, 4.69) is 15.9 Å². The molecule has 0 unspecified atom stereocenters. The number of hydrogen-bond donors (Lipinski definition) is 1. The minimum absolute atomic E-state index is 0.562. The van der Waals surface area contributed by atoms with Gasteiger partial charge < -0.3 is 14.6 Å². The zero-order chi connectivity index (χ0) is 12.8. The minimum atomic E-state index is -0.794. The largest absolute Gasteiger partial charge is 0.490 e. The summed E-state index contributed by atoms with van der Waals surface area (Å²) in [7, 11) is 0. The lowest BCUT2D eigenvalue weighted by Crippen LogP contribution is -2.21. The number of halogens is 1. The summed E-state index contributed by atoms with van der Waals surface area (Å²) < 4.78 is 12.1. The van der Waals surface area contributed by atoms with Gasteiger partial charge in [0.2, 0.25) is 0 Å². The van der Waals surface area contributed by atoms with Crippen molar-refractivity contribution in [3.8, 4) is 11.5 Å². The number of carboxylic acids is 1. The summed E-state index contributed by atoms with van der Waals surface area (Å²) in [5.41, 5.74) is -0.0628. The Bertz CT molecular complexity index is 508. The molecule has 5 heteroatoms. The van der Waals surface area contributed by atoms with Crippen LogP contribution >= 0.6 is 15.9 Å². The molecule has 1 aromatic rings. The molecule has 96 valence electrons. The molecule has 0 radical (unpaired) electrons. The van der Waals surface area contributed by atoms with E-state index in [1.807, 2.05) is 12.1 Å². The van der Waals surface area contributed by atoms with Crippen LogP contribution in [-0.2, 0) is 10.2 Å². The third kappa shape index (κ3) is 1.68. The van der Waals surface area contributed by atoms with Crippen LogP contribution in [0.2, 0.25) is 0 Å². The van der Waals surface area contributed by atoms with Crippen LogP contribution in [0.3, 0.4) is 0 Å². The van der Waals surface area contributed by atoms with Crippen LogP contribution in [0.5, 0.6) is 11.5 Å². The van der Waals surface area contributed by atoms with Gasteiger partial charge >= 0.3 is 5.97 Å². The highest BCUT2D eigenvalue weighted by Crippen LogP contribution is 2.56. The second-order valence-corrected chi connectivity index (χ2v) is 5.54. The van der Waals surface area contributed by atoms with E-state index in [1.165, 1.54) is 0 Å². The zero-order valence-electron chi connectivity index (χ0n) is 9.74. The number of carboxylic acid groups (broad SMARTS) is 1. The Morgan fingerprint density at radius 1 is 1.28 bits per heavy atom. The van der Waals surface area contributed by atoms with Crippen molar-refractivity contribution in [2.45, 2.75) is 24.7 Å². The predicted molar refractivity (Wildman–Crippen MR) is 68.3 cm³/mol. The monoisotopic (exact) mass is 312 g/mol. The molecule has 1 aliphatic carbocycles. The van der Waals surface area contributed by atoms with Gasteiger partial charge in [-0.1, -0.05) is 15.9 Å². The van der Waals surface area contributed by atoms with Gasteiger partial charge in [0.15, 0.2) is 11.5 Å². The molecule has 0 saturated heterocycles. The maximum Gasteiger partial charge on any atom is 0.314 e. The van der Waals surface area contributed by atoms with Crippen molar-refractivity contribution in [1.82, 2.24) is 0 Å². The second-order valence-electron chi connectivity index (χ2n) is 4.69. The molecular formula is C13H13BrO4. The smallest absolute Gasteiger partial charge is 0.314 e. The number of carbonyl (C=O) groups is 1. The topological polar surface area (TPSA) is 55.8 Å². The van der Waals surface area contributed by atoms with Gasteiger partial charge in [0.1, 0.15) is 0 Å². The molecule has 0 atom stereocenters. The van der Waals surface area contributed by atoms with Crippen molar-refractivity contribution in [2.24, 2.45) is 0 Å². The van der Waals surface area contributed by atoms with Crippen LogP contribution in [0.4, 0.5) is 0 Å². The summed E-state index contributed by atoms with van der Waals surface area (Å²) in [6, 6.07) is 3.66. The molecule has 2 aliphatic rings. The molecule has 0 amide bonds. The summed E-state index contributed by atoms with van der Waals surface area (Å²) in [6.45, 7) is 1.17. The van der Waals surface area contributed by atoms with E-state index in [0.29, 0.717) is 37.6 Å². The van der Waals surface area contributed by atoms with Gasteiger partial charge in [0.25, 0.3) is 0 Å². The predicted octanol–water partition coefficient (Wildman–Crippen LogP) is 2.73. The molecule has 0 aromatic heterocycles. The maximum absolute atomic E-state index is 11.5. The van der Waals surface area contributed by atoms with Gasteiger partial charge in [-0.25, -0.2) is 0 Å². The van der Waals surface area contributed by atoms with Gasteiger partial charge in [0.05, 0.1) is 18.6 Å². The van der Waals surface area contributed by atoms with Crippen molar-refractivity contribution in [1.29, 1.82) is 0 Å². The van der Waals surface area contributed by atoms with Crippen LogP contribution < -0.4 is 9.47 Å². The SMILES string of the molecule is O=C(O)C1(c2c(Br)ccc3c2OCCCO3)CC1. The third-order valence-electron chi connectivity index (χ3n) is 3.50. The molecule has 1 aliphatic heterocycles. The molecule has 0 bridgehead atoms. The first kappa shape index (κ1) is 11.8. The molecule has 1 N–H and O–H groups in total. The number of benzene rings is 1. The summed E-state index contributed by atoms with van der Waals surface area (Å²) in [5, 5.41) is 9.44. The molecule has 1 heterocycles. The fraction of sp³-hybridized carbons (Fsp3) is 0.462. The van der Waals surface area contributed by atoms with Gasteiger partial charge in [-0.05, 0) is 25.0 Å². The van der Waals surface area contributed by atoms with Crippen molar-refractivity contribution >= 4 is 21.9 Å². The normalized spacial score (nSPS) is 20.1. The molecule has 1 aromatic carbocycles. The van der Waals surface area contributed by atoms with Crippen molar-refractivity contribution in [3.05, 3.63) is 22.2 Å². The summed E-state index contributed by atoms with van der Waals surface area (Å²) in [6.07, 6.45) is 2.12. The van der Waals surface area contributed by atoms with E-state index < -0.39 is 11.4 Å². The third-order valence-corrected chi connectivity index (χ3v) is 4.16. The van der Waals surface area contributed by atoms with Crippen molar-refractivity contribution in [2.75, 3.05) is 13.2 Å². The molecule has 1 saturated carbocycles. The Morgan fingerprint density at radius 3 is 2.67 bits per heavy atom. The lowest BCUT2D eigenvalue weighted by Gasteiger charge is -2.19. The van der Waals surface area contributed by atoms with E-state index >= 15 is 0 Å². The van der Waals surface area contributed by atoms with Gasteiger partial charge in [-0.3, -0.25) is 4.79 Å². The van der Waals surface area contributed by atoms with Gasteiger partial charge in [0, 0.05) is 16.5 Å². The maximum atomic E-state index is 11.5. The van der Waals surface area contributed by atoms with Gasteiger partial charge in [-0.15, -0.1) is 0 Å². The number of aliphatic carboxylic acids is 1. The fourth-order valence-corrected chi connectivity index (χ4v) is 3.05. The second kappa shape index (κ2) is 4.16. The highest BCUT2D eigenvalue weighted by molar-refractivity contribution is 9.10. The van der Waals surface area contributed by atoms with Crippen LogP contribution in [0, 0.1) is 0 Å². The average molecular weight is 313 g/mol. The van der Waals surface area contributed by atoms with Crippen LogP contribution in [0.25, 0.3) is 0 Å². The first-order valence-electron chi connectivity index (χ1n) is 5.97. The standard InChI is InChI=1S/C13H13BrO4/c14-8-2-3-9-11(18-7-1-6-17-9)10(8)13(4-5-13)12(15)16/h2-3H,1,4-7H2,(H,15,16). The number of rotatable bonds is 2. The quantitative estimate of drug-likeness (QED) is 0.912. The van der Waals surface area contributed by atoms with E-state index in [0.717, 1.165) is 16.5 Å². The van der Waals surface area contributed by atoms with Crippen molar-refractivity contribution < 1.29 is 19.4 Å². The summed E-state index contributed by atoms with van der Waals surface area (Å²) >= 11 is 3.45. The number of hydrogen-bond acceptors (Lipinski definition) is 3. The Labute approximate surface area is 113 Å². The van der Waals surface area contributed by atoms with Crippen LogP contribution in [0.15, 0.2) is 16.6 Å². The average Bonchev–Trinajstić information content (AvgIpc) is 3.12. The number of fused-ring (bicyclic) bond motifs is 1. The fourth-order valence-electron chi connectivity index (χ4n) is 2.35. The Hall–Kier alpha value is -1.23. The van der Waals surface area contributed by atoms with E-state index in [1.54, 1.807) is 0 Å². The molecule has 4 nitrogen and oxygen atoms in total. The van der Waals surface area contributed by atoms with E-state index in [9.17, 15) is 9.90 Å². The molecule has 0 spiro atoms. The van der Waals surface area contributed by atoms with Crippen LogP contribution in [0.1, 0.15) is 24.8 Å².